The summed E-state index contributed by atoms with van der Waals surface area (Å²) in [6.45, 7) is 5.20. The van der Waals surface area contributed by atoms with Crippen molar-refractivity contribution in [2.45, 2.75) is 32.9 Å². The molecule has 0 spiro atoms. The van der Waals surface area contributed by atoms with Gasteiger partial charge < -0.3 is 5.32 Å². The highest BCUT2D eigenvalue weighted by Crippen LogP contribution is 2.21. The van der Waals surface area contributed by atoms with Gasteiger partial charge in [-0.05, 0) is 43.7 Å². The summed E-state index contributed by atoms with van der Waals surface area (Å²) < 4.78 is 1.98. The number of rotatable bonds is 5. The molecule has 1 aliphatic heterocycles. The fourth-order valence-corrected chi connectivity index (χ4v) is 3.25. The molecule has 2 heterocycles. The Balaban J connectivity index is 1.66. The van der Waals surface area contributed by atoms with Gasteiger partial charge in [0.25, 0.3) is 0 Å². The predicted molar refractivity (Wildman–Crippen MR) is 69.7 cm³/mol. The lowest BCUT2D eigenvalue weighted by atomic mass is 10.0. The van der Waals surface area contributed by atoms with Crippen LogP contribution in [0.3, 0.4) is 0 Å². The van der Waals surface area contributed by atoms with Gasteiger partial charge in [0.1, 0.15) is 0 Å². The number of thioether (sulfide) groups is 1. The molecule has 0 amide bonds. The van der Waals surface area contributed by atoms with Crippen molar-refractivity contribution in [3.05, 3.63) is 18.0 Å². The summed E-state index contributed by atoms with van der Waals surface area (Å²) in [5, 5.41) is 7.82. The van der Waals surface area contributed by atoms with Crippen molar-refractivity contribution < 1.29 is 0 Å². The second-order valence-electron chi connectivity index (χ2n) is 4.39. The van der Waals surface area contributed by atoms with Crippen LogP contribution in [0.1, 0.15) is 25.3 Å². The lowest BCUT2D eigenvalue weighted by molar-refractivity contribution is 0.447. The van der Waals surface area contributed by atoms with Crippen molar-refractivity contribution in [2.24, 2.45) is 5.92 Å². The average molecular weight is 239 g/mol. The van der Waals surface area contributed by atoms with Crippen LogP contribution in [0.5, 0.6) is 0 Å². The number of hydrogen-bond acceptors (Lipinski definition) is 3. The predicted octanol–water partition coefficient (Wildman–Crippen LogP) is 2.14. The van der Waals surface area contributed by atoms with E-state index in [1.54, 1.807) is 0 Å². The number of aromatic nitrogens is 2. The van der Waals surface area contributed by atoms with E-state index in [4.69, 9.17) is 0 Å². The Morgan fingerprint density at radius 3 is 3.00 bits per heavy atom. The largest absolute Gasteiger partial charge is 0.312 e. The summed E-state index contributed by atoms with van der Waals surface area (Å²) in [4.78, 5) is 0. The minimum absolute atomic E-state index is 0.891. The average Bonchev–Trinajstić information content (AvgIpc) is 2.78. The second-order valence-corrected chi connectivity index (χ2v) is 5.62. The van der Waals surface area contributed by atoms with Gasteiger partial charge in [-0.25, -0.2) is 0 Å². The normalized spacial score (nSPS) is 17.8. The quantitative estimate of drug-likeness (QED) is 0.854. The number of aryl methyl sites for hydroxylation is 1. The maximum atomic E-state index is 4.27. The SMILES string of the molecule is CCn1cc(CNCC2CCSCC2)cn1. The summed E-state index contributed by atoms with van der Waals surface area (Å²) in [6, 6.07) is 0. The zero-order chi connectivity index (χ0) is 11.2. The van der Waals surface area contributed by atoms with Gasteiger partial charge in [-0.2, -0.15) is 16.9 Å². The summed E-state index contributed by atoms with van der Waals surface area (Å²) in [6.07, 6.45) is 6.86. The van der Waals surface area contributed by atoms with Crippen molar-refractivity contribution in [1.29, 1.82) is 0 Å². The summed E-state index contributed by atoms with van der Waals surface area (Å²) in [7, 11) is 0. The molecule has 0 unspecified atom stereocenters. The molecule has 90 valence electrons. The molecule has 1 aromatic heterocycles. The van der Waals surface area contributed by atoms with Gasteiger partial charge in [0.15, 0.2) is 0 Å². The van der Waals surface area contributed by atoms with Gasteiger partial charge in [0.05, 0.1) is 6.20 Å². The van der Waals surface area contributed by atoms with Crippen LogP contribution in [0.15, 0.2) is 12.4 Å². The molecule has 1 saturated heterocycles. The van der Waals surface area contributed by atoms with Crippen molar-refractivity contribution in [3.8, 4) is 0 Å². The van der Waals surface area contributed by atoms with Crippen molar-refractivity contribution in [1.82, 2.24) is 15.1 Å². The molecule has 2 rings (SSSR count). The number of nitrogens with one attached hydrogen (secondary N) is 1. The Kier molecular flexibility index (Phi) is 4.72. The molecule has 1 aliphatic rings. The van der Waals surface area contributed by atoms with E-state index in [1.807, 2.05) is 10.9 Å². The molecule has 16 heavy (non-hydrogen) atoms. The highest BCUT2D eigenvalue weighted by atomic mass is 32.2. The maximum Gasteiger partial charge on any atom is 0.0534 e. The van der Waals surface area contributed by atoms with Crippen LogP contribution in [0, 0.1) is 5.92 Å². The van der Waals surface area contributed by atoms with Crippen LogP contribution in [0.4, 0.5) is 0 Å². The van der Waals surface area contributed by atoms with Crippen LogP contribution in [-0.2, 0) is 13.1 Å². The van der Waals surface area contributed by atoms with Gasteiger partial charge in [-0.15, -0.1) is 0 Å². The minimum Gasteiger partial charge on any atom is -0.312 e. The fourth-order valence-electron chi connectivity index (χ4n) is 2.04. The first kappa shape index (κ1) is 12.0. The van der Waals surface area contributed by atoms with E-state index < -0.39 is 0 Å². The molecule has 0 aromatic carbocycles. The Hall–Kier alpha value is -0.480. The maximum absolute atomic E-state index is 4.27. The molecule has 0 saturated carbocycles. The van der Waals surface area contributed by atoms with Crippen molar-refractivity contribution in [3.63, 3.8) is 0 Å². The van der Waals surface area contributed by atoms with Crippen LogP contribution in [0.25, 0.3) is 0 Å². The van der Waals surface area contributed by atoms with E-state index in [1.165, 1.54) is 29.9 Å². The molecule has 3 nitrogen and oxygen atoms in total. The van der Waals surface area contributed by atoms with Crippen LogP contribution in [0.2, 0.25) is 0 Å². The topological polar surface area (TPSA) is 29.9 Å². The van der Waals surface area contributed by atoms with Crippen LogP contribution < -0.4 is 5.32 Å². The van der Waals surface area contributed by atoms with Crippen molar-refractivity contribution >= 4 is 11.8 Å². The third kappa shape index (κ3) is 3.52. The lowest BCUT2D eigenvalue weighted by Gasteiger charge is -2.21. The fraction of sp³-hybridized carbons (Fsp3) is 0.750. The molecule has 0 atom stereocenters. The third-order valence-corrected chi connectivity index (χ3v) is 4.16. The Bertz CT molecular complexity index is 305. The van der Waals surface area contributed by atoms with Crippen LogP contribution >= 0.6 is 11.8 Å². The van der Waals surface area contributed by atoms with E-state index in [9.17, 15) is 0 Å². The molecular weight excluding hydrogens is 218 g/mol. The summed E-state index contributed by atoms with van der Waals surface area (Å²) in [5.41, 5.74) is 1.30. The van der Waals surface area contributed by atoms with Gasteiger partial charge in [0, 0.05) is 24.8 Å². The van der Waals surface area contributed by atoms with Crippen molar-refractivity contribution in [2.75, 3.05) is 18.1 Å². The molecule has 0 aliphatic carbocycles. The molecule has 0 bridgehead atoms. The summed E-state index contributed by atoms with van der Waals surface area (Å²) in [5.74, 6) is 3.59. The van der Waals surface area contributed by atoms with Gasteiger partial charge in [-0.1, -0.05) is 0 Å². The smallest absolute Gasteiger partial charge is 0.0534 e. The van der Waals surface area contributed by atoms with E-state index in [0.29, 0.717) is 0 Å². The van der Waals surface area contributed by atoms with E-state index in [-0.39, 0.29) is 0 Å². The molecule has 1 aromatic rings. The molecule has 1 fully saturated rings. The van der Waals surface area contributed by atoms with Gasteiger partial charge in [0.2, 0.25) is 0 Å². The molecular formula is C12H21N3S. The number of nitrogens with zero attached hydrogens (tertiary/aromatic N) is 2. The van der Waals surface area contributed by atoms with Crippen LogP contribution in [-0.4, -0.2) is 27.8 Å². The number of hydrogen-bond donors (Lipinski definition) is 1. The van der Waals surface area contributed by atoms with E-state index >= 15 is 0 Å². The second kappa shape index (κ2) is 6.30. The Morgan fingerprint density at radius 1 is 1.50 bits per heavy atom. The molecule has 1 N–H and O–H groups in total. The highest BCUT2D eigenvalue weighted by Gasteiger charge is 2.12. The van der Waals surface area contributed by atoms with E-state index in [0.717, 1.165) is 25.6 Å². The standard InChI is InChI=1S/C12H21N3S/c1-2-15-10-12(9-14-15)8-13-7-11-3-5-16-6-4-11/h9-11,13H,2-8H2,1H3. The summed E-state index contributed by atoms with van der Waals surface area (Å²) >= 11 is 2.09. The Morgan fingerprint density at radius 2 is 2.31 bits per heavy atom. The minimum atomic E-state index is 0.891. The highest BCUT2D eigenvalue weighted by molar-refractivity contribution is 7.99. The molecule has 0 radical (unpaired) electrons. The first-order valence-corrected chi connectivity index (χ1v) is 7.33. The molecule has 4 heteroatoms. The lowest BCUT2D eigenvalue weighted by Crippen LogP contribution is -2.25. The van der Waals surface area contributed by atoms with E-state index in [2.05, 4.69) is 35.3 Å². The van der Waals surface area contributed by atoms with Gasteiger partial charge in [-0.3, -0.25) is 4.68 Å². The third-order valence-electron chi connectivity index (χ3n) is 3.11. The zero-order valence-corrected chi connectivity index (χ0v) is 10.8. The monoisotopic (exact) mass is 239 g/mol. The first-order valence-electron chi connectivity index (χ1n) is 6.18. The first-order chi connectivity index (χ1) is 7.88. The Labute approximate surface area is 102 Å². The van der Waals surface area contributed by atoms with Gasteiger partial charge >= 0.3 is 0 Å². The zero-order valence-electron chi connectivity index (χ0n) is 9.98.